The molecule has 0 spiro atoms. The minimum absolute atomic E-state index is 0.113. The topological polar surface area (TPSA) is 72.0 Å². The molecule has 184 valence electrons. The van der Waals surface area contributed by atoms with E-state index in [-0.39, 0.29) is 12.5 Å². The monoisotopic (exact) mass is 657 g/mol. The van der Waals surface area contributed by atoms with Crippen LogP contribution in [0.25, 0.3) is 10.8 Å². The Balaban J connectivity index is 1.40. The fourth-order valence-corrected chi connectivity index (χ4v) is 4.65. The van der Waals surface area contributed by atoms with Gasteiger partial charge in [-0.25, -0.2) is 5.43 Å². The van der Waals surface area contributed by atoms with Crippen LogP contribution < -0.4 is 20.2 Å². The highest BCUT2D eigenvalue weighted by atomic mass is 127. The van der Waals surface area contributed by atoms with Crippen LogP contribution in [0.15, 0.2) is 88.4 Å². The molecule has 0 aliphatic rings. The summed E-state index contributed by atoms with van der Waals surface area (Å²) in [5.41, 5.74) is 5.30. The second-order valence-electron chi connectivity index (χ2n) is 7.84. The Labute approximate surface area is 232 Å². The maximum Gasteiger partial charge on any atom is 0.259 e. The second-order valence-corrected chi connectivity index (χ2v) is 9.92. The fourth-order valence-electron chi connectivity index (χ4n) is 3.60. The Hall–Kier alpha value is -3.11. The van der Waals surface area contributed by atoms with Gasteiger partial charge in [-0.3, -0.25) is 4.79 Å². The molecule has 4 aromatic carbocycles. The first kappa shape index (κ1) is 26.0. The SMILES string of the molecule is CCOc1cc(/C=N\NC(=O)CNc2ccc(Br)cc2)cc(I)c1OCc1cccc2ccccc12. The van der Waals surface area contributed by atoms with Crippen molar-refractivity contribution in [3.8, 4) is 11.5 Å². The van der Waals surface area contributed by atoms with Crippen molar-refractivity contribution in [3.05, 3.63) is 98.0 Å². The van der Waals surface area contributed by atoms with Crippen molar-refractivity contribution in [2.75, 3.05) is 18.5 Å². The summed E-state index contributed by atoms with van der Waals surface area (Å²) >= 11 is 5.62. The lowest BCUT2D eigenvalue weighted by Gasteiger charge is -2.15. The maximum absolute atomic E-state index is 12.1. The van der Waals surface area contributed by atoms with Gasteiger partial charge in [0.1, 0.15) is 6.61 Å². The molecule has 0 saturated carbocycles. The molecule has 0 bridgehead atoms. The Morgan fingerprint density at radius 3 is 2.61 bits per heavy atom. The molecule has 0 aliphatic heterocycles. The number of benzene rings is 4. The summed E-state index contributed by atoms with van der Waals surface area (Å²) < 4.78 is 14.0. The van der Waals surface area contributed by atoms with Crippen molar-refractivity contribution in [1.82, 2.24) is 5.43 Å². The molecule has 2 N–H and O–H groups in total. The number of halogens is 2. The molecule has 0 fully saturated rings. The van der Waals surface area contributed by atoms with Crippen molar-refractivity contribution in [3.63, 3.8) is 0 Å². The lowest BCUT2D eigenvalue weighted by molar-refractivity contribution is -0.119. The van der Waals surface area contributed by atoms with E-state index in [1.54, 1.807) is 6.21 Å². The van der Waals surface area contributed by atoms with Gasteiger partial charge in [0.25, 0.3) is 5.91 Å². The molecular weight excluding hydrogens is 633 g/mol. The largest absolute Gasteiger partial charge is 0.490 e. The Morgan fingerprint density at radius 1 is 1.03 bits per heavy atom. The molecule has 36 heavy (non-hydrogen) atoms. The van der Waals surface area contributed by atoms with Gasteiger partial charge in [-0.1, -0.05) is 58.4 Å². The summed E-state index contributed by atoms with van der Waals surface area (Å²) in [6, 6.07) is 25.9. The predicted molar refractivity (Wildman–Crippen MR) is 157 cm³/mol. The van der Waals surface area contributed by atoms with Crippen LogP contribution in [0.2, 0.25) is 0 Å². The van der Waals surface area contributed by atoms with E-state index in [0.29, 0.717) is 24.7 Å². The number of hydrogen-bond donors (Lipinski definition) is 2. The minimum Gasteiger partial charge on any atom is -0.490 e. The molecule has 0 atom stereocenters. The third-order valence-electron chi connectivity index (χ3n) is 5.28. The molecule has 8 heteroatoms. The summed E-state index contributed by atoms with van der Waals surface area (Å²) in [6.07, 6.45) is 1.59. The van der Waals surface area contributed by atoms with E-state index < -0.39 is 0 Å². The number of ether oxygens (including phenoxy) is 2. The lowest BCUT2D eigenvalue weighted by Crippen LogP contribution is -2.25. The zero-order valence-corrected chi connectivity index (χ0v) is 23.4. The first-order valence-corrected chi connectivity index (χ1v) is 13.3. The average Bonchev–Trinajstić information content (AvgIpc) is 2.88. The molecule has 0 aromatic heterocycles. The molecule has 0 aliphatic carbocycles. The van der Waals surface area contributed by atoms with Crippen molar-refractivity contribution in [1.29, 1.82) is 0 Å². The molecule has 1 amide bonds. The number of nitrogens with one attached hydrogen (secondary N) is 2. The first-order valence-electron chi connectivity index (χ1n) is 11.4. The number of carbonyl (C=O) groups excluding carboxylic acids is 1. The quantitative estimate of drug-likeness (QED) is 0.113. The van der Waals surface area contributed by atoms with Crippen LogP contribution in [0.1, 0.15) is 18.1 Å². The van der Waals surface area contributed by atoms with Gasteiger partial charge in [0.2, 0.25) is 0 Å². The summed E-state index contributed by atoms with van der Waals surface area (Å²) in [4.78, 5) is 12.1. The van der Waals surface area contributed by atoms with E-state index in [2.05, 4.69) is 78.6 Å². The van der Waals surface area contributed by atoms with Crippen LogP contribution >= 0.6 is 38.5 Å². The normalized spacial score (nSPS) is 11.0. The number of carbonyl (C=O) groups is 1. The Bertz CT molecular complexity index is 1370. The predicted octanol–water partition coefficient (Wildman–Crippen LogP) is 6.75. The second kappa shape index (κ2) is 12.7. The minimum atomic E-state index is -0.246. The Morgan fingerprint density at radius 2 is 1.81 bits per heavy atom. The van der Waals surface area contributed by atoms with Crippen LogP contribution in [-0.2, 0) is 11.4 Å². The van der Waals surface area contributed by atoms with Crippen molar-refractivity contribution < 1.29 is 14.3 Å². The number of nitrogens with zero attached hydrogens (tertiary/aromatic N) is 1. The van der Waals surface area contributed by atoms with E-state index in [9.17, 15) is 4.79 Å². The highest BCUT2D eigenvalue weighted by Crippen LogP contribution is 2.35. The first-order chi connectivity index (χ1) is 17.5. The third kappa shape index (κ3) is 6.98. The van der Waals surface area contributed by atoms with Crippen LogP contribution in [0.3, 0.4) is 0 Å². The van der Waals surface area contributed by atoms with Gasteiger partial charge in [0, 0.05) is 10.2 Å². The van der Waals surface area contributed by atoms with Gasteiger partial charge in [-0.2, -0.15) is 5.10 Å². The number of rotatable bonds is 10. The van der Waals surface area contributed by atoms with E-state index >= 15 is 0 Å². The lowest BCUT2D eigenvalue weighted by atomic mass is 10.1. The van der Waals surface area contributed by atoms with Crippen molar-refractivity contribution >= 4 is 67.1 Å². The third-order valence-corrected chi connectivity index (χ3v) is 6.61. The van der Waals surface area contributed by atoms with E-state index in [4.69, 9.17) is 9.47 Å². The van der Waals surface area contributed by atoms with Crippen molar-refractivity contribution in [2.45, 2.75) is 13.5 Å². The van der Waals surface area contributed by atoms with Gasteiger partial charge in [0.05, 0.1) is 22.9 Å². The van der Waals surface area contributed by atoms with E-state index in [1.165, 1.54) is 10.8 Å². The van der Waals surface area contributed by atoms with Crippen molar-refractivity contribution in [2.24, 2.45) is 5.10 Å². The van der Waals surface area contributed by atoms with E-state index in [1.807, 2.05) is 61.5 Å². The zero-order valence-electron chi connectivity index (χ0n) is 19.6. The molecule has 0 radical (unpaired) electrons. The zero-order chi connectivity index (χ0) is 25.3. The van der Waals surface area contributed by atoms with Crippen LogP contribution in [0, 0.1) is 3.57 Å². The smallest absolute Gasteiger partial charge is 0.259 e. The van der Waals surface area contributed by atoms with Gasteiger partial charge >= 0.3 is 0 Å². The molecule has 6 nitrogen and oxygen atoms in total. The summed E-state index contributed by atoms with van der Waals surface area (Å²) in [6.45, 7) is 2.97. The fraction of sp³-hybridized carbons (Fsp3) is 0.143. The number of hydrazone groups is 1. The molecule has 4 rings (SSSR count). The standard InChI is InChI=1S/C28H25BrIN3O3/c1-2-35-26-15-19(16-32-33-27(34)17-31-23-12-10-22(29)11-13-23)14-25(30)28(26)36-18-21-8-5-7-20-6-3-4-9-24(20)21/h3-16,31H,2,17-18H2,1H3,(H,33,34)/b32-16-. The summed E-state index contributed by atoms with van der Waals surface area (Å²) in [5.74, 6) is 1.07. The summed E-state index contributed by atoms with van der Waals surface area (Å²) in [5, 5.41) is 9.50. The number of anilines is 1. The Kier molecular flexibility index (Phi) is 9.18. The highest BCUT2D eigenvalue weighted by molar-refractivity contribution is 14.1. The van der Waals surface area contributed by atoms with E-state index in [0.717, 1.165) is 24.9 Å². The molecule has 0 heterocycles. The number of fused-ring (bicyclic) bond motifs is 1. The maximum atomic E-state index is 12.1. The number of amides is 1. The van der Waals surface area contributed by atoms with Crippen LogP contribution in [0.4, 0.5) is 5.69 Å². The van der Waals surface area contributed by atoms with Gasteiger partial charge in [0.15, 0.2) is 11.5 Å². The number of hydrogen-bond acceptors (Lipinski definition) is 5. The van der Waals surface area contributed by atoms with Crippen LogP contribution in [0.5, 0.6) is 11.5 Å². The highest BCUT2D eigenvalue weighted by Gasteiger charge is 2.13. The van der Waals surface area contributed by atoms with Gasteiger partial charge in [-0.15, -0.1) is 0 Å². The molecule has 0 unspecified atom stereocenters. The molecular formula is C28H25BrIN3O3. The molecule has 0 saturated heterocycles. The van der Waals surface area contributed by atoms with Gasteiger partial charge in [-0.05, 0) is 87.8 Å². The molecule has 4 aromatic rings. The summed E-state index contributed by atoms with van der Waals surface area (Å²) in [7, 11) is 0. The average molecular weight is 658 g/mol. The van der Waals surface area contributed by atoms with Gasteiger partial charge < -0.3 is 14.8 Å². The van der Waals surface area contributed by atoms with Crippen LogP contribution in [-0.4, -0.2) is 25.3 Å².